The van der Waals surface area contributed by atoms with Crippen molar-refractivity contribution in [1.82, 2.24) is 4.57 Å². The van der Waals surface area contributed by atoms with Crippen LogP contribution in [0.1, 0.15) is 5.56 Å². The van der Waals surface area contributed by atoms with Crippen LogP contribution in [0.25, 0.3) is 10.2 Å². The van der Waals surface area contributed by atoms with Gasteiger partial charge in [-0.15, -0.1) is 6.58 Å². The quantitative estimate of drug-likeness (QED) is 0.638. The summed E-state index contributed by atoms with van der Waals surface area (Å²) in [5, 5.41) is 0.643. The van der Waals surface area contributed by atoms with Gasteiger partial charge in [-0.3, -0.25) is 4.79 Å². The fourth-order valence-electron chi connectivity index (χ4n) is 2.77. The Morgan fingerprint density at radius 3 is 2.73 bits per heavy atom. The fraction of sp³-hybridized carbons (Fsp3) is 0.158. The second kappa shape index (κ2) is 6.97. The van der Waals surface area contributed by atoms with E-state index in [4.69, 9.17) is 21.1 Å². The molecule has 0 fully saturated rings. The van der Waals surface area contributed by atoms with Crippen LogP contribution in [-0.4, -0.2) is 17.3 Å². The SMILES string of the molecule is C=CCn1c(=NC(=O)Cc2ccc(Cl)cc2)sc2cc3c(cc21)OCO3. The van der Waals surface area contributed by atoms with E-state index in [-0.39, 0.29) is 19.1 Å². The fourth-order valence-corrected chi connectivity index (χ4v) is 3.97. The molecule has 0 saturated carbocycles. The highest BCUT2D eigenvalue weighted by Crippen LogP contribution is 2.36. The molecule has 2 heterocycles. The van der Waals surface area contributed by atoms with E-state index >= 15 is 0 Å². The summed E-state index contributed by atoms with van der Waals surface area (Å²) in [6, 6.07) is 11.0. The maximum Gasteiger partial charge on any atom is 0.252 e. The number of ether oxygens (including phenoxy) is 2. The van der Waals surface area contributed by atoms with Crippen molar-refractivity contribution in [2.24, 2.45) is 4.99 Å². The van der Waals surface area contributed by atoms with E-state index in [0.717, 1.165) is 15.8 Å². The van der Waals surface area contributed by atoms with Crippen molar-refractivity contribution in [2.45, 2.75) is 13.0 Å². The first-order chi connectivity index (χ1) is 12.6. The van der Waals surface area contributed by atoms with Crippen molar-refractivity contribution in [3.8, 4) is 11.5 Å². The number of carbonyl (C=O) groups is 1. The van der Waals surface area contributed by atoms with Crippen LogP contribution in [-0.2, 0) is 17.8 Å². The van der Waals surface area contributed by atoms with Gasteiger partial charge in [0, 0.05) is 23.7 Å². The molecule has 0 atom stereocenters. The lowest BCUT2D eigenvalue weighted by molar-refractivity contribution is -0.117. The van der Waals surface area contributed by atoms with E-state index in [1.165, 1.54) is 11.3 Å². The van der Waals surface area contributed by atoms with Crippen molar-refractivity contribution in [3.63, 3.8) is 0 Å². The summed E-state index contributed by atoms with van der Waals surface area (Å²) in [4.78, 5) is 17.4. The molecule has 1 aliphatic heterocycles. The van der Waals surface area contributed by atoms with Gasteiger partial charge in [-0.2, -0.15) is 4.99 Å². The molecule has 0 spiro atoms. The average molecular weight is 387 g/mol. The van der Waals surface area contributed by atoms with Gasteiger partial charge in [0.25, 0.3) is 5.91 Å². The topological polar surface area (TPSA) is 52.8 Å². The number of halogens is 1. The molecule has 0 aliphatic carbocycles. The number of allylic oxidation sites excluding steroid dienone is 1. The van der Waals surface area contributed by atoms with Gasteiger partial charge in [-0.25, -0.2) is 0 Å². The predicted molar refractivity (Wildman–Crippen MR) is 102 cm³/mol. The van der Waals surface area contributed by atoms with Crippen LogP contribution in [0, 0.1) is 0 Å². The van der Waals surface area contributed by atoms with E-state index in [1.54, 1.807) is 18.2 Å². The summed E-state index contributed by atoms with van der Waals surface area (Å²) in [5.41, 5.74) is 1.82. The third-order valence-corrected chi connectivity index (χ3v) is 5.27. The second-order valence-electron chi connectivity index (χ2n) is 5.77. The number of rotatable bonds is 4. The van der Waals surface area contributed by atoms with Crippen LogP contribution in [0.4, 0.5) is 0 Å². The first-order valence-electron chi connectivity index (χ1n) is 8.00. The van der Waals surface area contributed by atoms with Crippen LogP contribution >= 0.6 is 22.9 Å². The lowest BCUT2D eigenvalue weighted by Gasteiger charge is -2.02. The zero-order valence-electron chi connectivity index (χ0n) is 13.8. The van der Waals surface area contributed by atoms with Crippen molar-refractivity contribution in [1.29, 1.82) is 0 Å². The third-order valence-electron chi connectivity index (χ3n) is 3.98. The van der Waals surface area contributed by atoms with Crippen LogP contribution in [0.2, 0.25) is 5.02 Å². The Balaban J connectivity index is 1.73. The Bertz CT molecular complexity index is 1070. The summed E-state index contributed by atoms with van der Waals surface area (Å²) in [7, 11) is 0. The minimum atomic E-state index is -0.211. The van der Waals surface area contributed by atoms with Crippen LogP contribution < -0.4 is 14.3 Å². The van der Waals surface area contributed by atoms with E-state index < -0.39 is 0 Å². The molecular formula is C19H15ClN2O3S. The second-order valence-corrected chi connectivity index (χ2v) is 7.21. The van der Waals surface area contributed by atoms with Crippen molar-refractivity contribution < 1.29 is 14.3 Å². The average Bonchev–Trinajstić information content (AvgIpc) is 3.20. The highest BCUT2D eigenvalue weighted by atomic mass is 35.5. The molecule has 2 aromatic carbocycles. The van der Waals surface area contributed by atoms with Gasteiger partial charge < -0.3 is 14.0 Å². The molecule has 1 amide bonds. The number of aromatic nitrogens is 1. The van der Waals surface area contributed by atoms with E-state index in [2.05, 4.69) is 11.6 Å². The minimum Gasteiger partial charge on any atom is -0.454 e. The van der Waals surface area contributed by atoms with Gasteiger partial charge >= 0.3 is 0 Å². The summed E-state index contributed by atoms with van der Waals surface area (Å²) in [5.74, 6) is 1.20. The Morgan fingerprint density at radius 2 is 2.00 bits per heavy atom. The number of fused-ring (bicyclic) bond motifs is 2. The maximum atomic E-state index is 12.4. The smallest absolute Gasteiger partial charge is 0.252 e. The van der Waals surface area contributed by atoms with Crippen LogP contribution in [0.3, 0.4) is 0 Å². The van der Waals surface area contributed by atoms with E-state index in [9.17, 15) is 4.79 Å². The third kappa shape index (κ3) is 3.25. The molecule has 0 bridgehead atoms. The van der Waals surface area contributed by atoms with Crippen molar-refractivity contribution >= 4 is 39.1 Å². The van der Waals surface area contributed by atoms with Gasteiger partial charge in [0.15, 0.2) is 16.3 Å². The van der Waals surface area contributed by atoms with Crippen molar-refractivity contribution in [2.75, 3.05) is 6.79 Å². The number of amides is 1. The summed E-state index contributed by atoms with van der Waals surface area (Å²) < 4.78 is 13.8. The molecular weight excluding hydrogens is 372 g/mol. The van der Waals surface area contributed by atoms with Crippen LogP contribution in [0.5, 0.6) is 11.5 Å². The van der Waals surface area contributed by atoms with Gasteiger partial charge in [-0.05, 0) is 17.7 Å². The molecule has 0 N–H and O–H groups in total. The standard InChI is InChI=1S/C19H15ClN2O3S/c1-2-7-22-14-9-15-16(25-11-24-15)10-17(14)26-19(22)21-18(23)8-12-3-5-13(20)6-4-12/h2-6,9-10H,1,7-8,11H2. The molecule has 26 heavy (non-hydrogen) atoms. The van der Waals surface area contributed by atoms with Gasteiger partial charge in [0.2, 0.25) is 6.79 Å². The number of carbonyl (C=O) groups excluding carboxylic acids is 1. The lowest BCUT2D eigenvalue weighted by Crippen LogP contribution is -2.16. The van der Waals surface area contributed by atoms with Gasteiger partial charge in [0.05, 0.1) is 16.6 Å². The molecule has 0 radical (unpaired) electrons. The molecule has 4 rings (SSSR count). The van der Waals surface area contributed by atoms with E-state index in [1.807, 2.05) is 28.8 Å². The van der Waals surface area contributed by atoms with Gasteiger partial charge in [-0.1, -0.05) is 41.1 Å². The predicted octanol–water partition coefficient (Wildman–Crippen LogP) is 3.94. The zero-order valence-corrected chi connectivity index (χ0v) is 15.3. The van der Waals surface area contributed by atoms with Gasteiger partial charge in [0.1, 0.15) is 0 Å². The number of hydrogen-bond donors (Lipinski definition) is 0. The normalized spacial score (nSPS) is 13.3. The Hall–Kier alpha value is -2.57. The summed E-state index contributed by atoms with van der Waals surface area (Å²) >= 11 is 7.32. The Kier molecular flexibility index (Phi) is 4.53. The molecule has 132 valence electrons. The highest BCUT2D eigenvalue weighted by molar-refractivity contribution is 7.16. The lowest BCUT2D eigenvalue weighted by atomic mass is 10.1. The molecule has 0 unspecified atom stereocenters. The molecule has 1 aromatic heterocycles. The first kappa shape index (κ1) is 16.9. The molecule has 7 heteroatoms. The summed E-state index contributed by atoms with van der Waals surface area (Å²) in [6.45, 7) is 4.58. The molecule has 1 aliphatic rings. The Labute approximate surface area is 158 Å². The molecule has 5 nitrogen and oxygen atoms in total. The zero-order chi connectivity index (χ0) is 18.1. The molecule has 0 saturated heterocycles. The number of benzene rings is 2. The van der Waals surface area contributed by atoms with E-state index in [0.29, 0.717) is 27.9 Å². The molecule has 3 aromatic rings. The highest BCUT2D eigenvalue weighted by Gasteiger charge is 2.17. The first-order valence-corrected chi connectivity index (χ1v) is 9.19. The van der Waals surface area contributed by atoms with Crippen LogP contribution in [0.15, 0.2) is 54.0 Å². The van der Waals surface area contributed by atoms with Crippen molar-refractivity contribution in [3.05, 3.63) is 64.4 Å². The maximum absolute atomic E-state index is 12.4. The largest absolute Gasteiger partial charge is 0.454 e. The Morgan fingerprint density at radius 1 is 1.27 bits per heavy atom. The number of thiazole rings is 1. The monoisotopic (exact) mass is 386 g/mol. The minimum absolute atomic E-state index is 0.211. The number of nitrogens with zero attached hydrogens (tertiary/aromatic N) is 2. The number of hydrogen-bond acceptors (Lipinski definition) is 4. The summed E-state index contributed by atoms with van der Waals surface area (Å²) in [6.07, 6.45) is 2.00.